The molecule has 0 aliphatic carbocycles. The second-order valence-electron chi connectivity index (χ2n) is 8.40. The van der Waals surface area contributed by atoms with Crippen molar-refractivity contribution in [2.75, 3.05) is 19.4 Å². The fraction of sp³-hybridized carbons (Fsp3) is 0.240. The summed E-state index contributed by atoms with van der Waals surface area (Å²) in [5.74, 6) is -0.399. The third-order valence-electron chi connectivity index (χ3n) is 5.87. The van der Waals surface area contributed by atoms with Crippen molar-refractivity contribution in [3.63, 3.8) is 0 Å². The molecule has 0 bridgehead atoms. The minimum atomic E-state index is -3.58. The van der Waals surface area contributed by atoms with Crippen molar-refractivity contribution < 1.29 is 13.2 Å². The molecule has 36 heavy (non-hydrogen) atoms. The third-order valence-corrected chi connectivity index (χ3v) is 8.97. The summed E-state index contributed by atoms with van der Waals surface area (Å²) in [5, 5.41) is 3.85. The summed E-state index contributed by atoms with van der Waals surface area (Å²) in [5.41, 5.74) is 1.76. The number of aryl methyl sites for hydroxylation is 1. The highest BCUT2D eigenvalue weighted by Gasteiger charge is 2.24. The molecule has 1 atom stereocenters. The molecule has 0 spiro atoms. The summed E-state index contributed by atoms with van der Waals surface area (Å²) >= 11 is 7.47. The molecule has 0 saturated carbocycles. The van der Waals surface area contributed by atoms with E-state index in [1.54, 1.807) is 12.1 Å². The number of nitrogens with zero attached hydrogens (tertiary/aromatic N) is 3. The number of benzene rings is 2. The van der Waals surface area contributed by atoms with Gasteiger partial charge < -0.3 is 5.32 Å². The van der Waals surface area contributed by atoms with Gasteiger partial charge in [-0.05, 0) is 55.3 Å². The first-order valence-corrected chi connectivity index (χ1v) is 13.8. The molecule has 4 rings (SSSR count). The van der Waals surface area contributed by atoms with Gasteiger partial charge in [0, 0.05) is 35.2 Å². The molecule has 11 heteroatoms. The van der Waals surface area contributed by atoms with Gasteiger partial charge in [0.05, 0.1) is 16.6 Å². The van der Waals surface area contributed by atoms with E-state index in [1.165, 1.54) is 60.6 Å². The first-order chi connectivity index (χ1) is 17.0. The summed E-state index contributed by atoms with van der Waals surface area (Å²) in [6.45, 7) is 3.75. The first-order valence-electron chi connectivity index (χ1n) is 11.1. The Morgan fingerprint density at radius 3 is 2.36 bits per heavy atom. The molecule has 2 aromatic carbocycles. The van der Waals surface area contributed by atoms with Crippen LogP contribution >= 0.6 is 22.9 Å². The molecule has 1 unspecified atom stereocenters. The number of rotatable bonds is 7. The average molecular weight is 545 g/mol. The van der Waals surface area contributed by atoms with Crippen LogP contribution in [0.3, 0.4) is 0 Å². The fourth-order valence-electron chi connectivity index (χ4n) is 3.96. The van der Waals surface area contributed by atoms with Gasteiger partial charge in [-0.15, -0.1) is 11.3 Å². The molecule has 188 valence electrons. The summed E-state index contributed by atoms with van der Waals surface area (Å²) in [4.78, 5) is 33.0. The van der Waals surface area contributed by atoms with Crippen LogP contribution in [0.5, 0.6) is 0 Å². The quantitative estimate of drug-likeness (QED) is 0.355. The van der Waals surface area contributed by atoms with E-state index in [4.69, 9.17) is 11.6 Å². The van der Waals surface area contributed by atoms with Gasteiger partial charge in [0.25, 0.3) is 5.56 Å². The summed E-state index contributed by atoms with van der Waals surface area (Å²) in [6.07, 6.45) is 1.76. The number of carbonyl (C=O) groups is 1. The molecule has 4 aromatic rings. The van der Waals surface area contributed by atoms with Crippen molar-refractivity contribution >= 4 is 54.8 Å². The lowest BCUT2D eigenvalue weighted by Crippen LogP contribution is -2.33. The molecule has 1 amide bonds. The number of nitrogens with one attached hydrogen (secondary N) is 1. The maximum atomic E-state index is 13.6. The second kappa shape index (κ2) is 10.1. The maximum absolute atomic E-state index is 13.6. The Morgan fingerprint density at radius 2 is 1.78 bits per heavy atom. The van der Waals surface area contributed by atoms with Gasteiger partial charge in [-0.2, -0.15) is 0 Å². The highest BCUT2D eigenvalue weighted by Crippen LogP contribution is 2.36. The Kier molecular flexibility index (Phi) is 7.33. The molecule has 2 aromatic heterocycles. The lowest BCUT2D eigenvalue weighted by atomic mass is 10.0. The molecule has 0 fully saturated rings. The van der Waals surface area contributed by atoms with E-state index in [-0.39, 0.29) is 10.5 Å². The molecule has 8 nitrogen and oxygen atoms in total. The van der Waals surface area contributed by atoms with Crippen molar-refractivity contribution in [1.82, 2.24) is 13.9 Å². The number of thiophene rings is 1. The smallest absolute Gasteiger partial charge is 0.263 e. The zero-order valence-electron chi connectivity index (χ0n) is 20.1. The third kappa shape index (κ3) is 4.81. The van der Waals surface area contributed by atoms with Crippen LogP contribution in [0.1, 0.15) is 24.3 Å². The molecule has 1 N–H and O–H groups in total. The predicted octanol–water partition coefficient (Wildman–Crippen LogP) is 4.93. The number of carbonyl (C=O) groups excluding carboxylic acids is 1. The topological polar surface area (TPSA) is 101 Å². The Balaban J connectivity index is 1.68. The Hall–Kier alpha value is -3.05. The number of sulfonamides is 1. The van der Waals surface area contributed by atoms with Crippen LogP contribution in [-0.4, -0.2) is 42.3 Å². The molecule has 0 saturated heterocycles. The van der Waals surface area contributed by atoms with Crippen LogP contribution in [0, 0.1) is 6.92 Å². The van der Waals surface area contributed by atoms with Gasteiger partial charge in [0.2, 0.25) is 15.9 Å². The molecule has 0 aliphatic heterocycles. The highest BCUT2D eigenvalue weighted by molar-refractivity contribution is 7.89. The van der Waals surface area contributed by atoms with Crippen molar-refractivity contribution in [3.05, 3.63) is 75.1 Å². The Morgan fingerprint density at radius 1 is 1.14 bits per heavy atom. The van der Waals surface area contributed by atoms with Crippen LogP contribution in [0.4, 0.5) is 5.69 Å². The second-order valence-corrected chi connectivity index (χ2v) is 12.2. The van der Waals surface area contributed by atoms with E-state index in [0.29, 0.717) is 27.3 Å². The minimum absolute atomic E-state index is 0.117. The lowest BCUT2D eigenvalue weighted by molar-refractivity contribution is -0.119. The zero-order chi connectivity index (χ0) is 26.2. The number of aromatic nitrogens is 2. The van der Waals surface area contributed by atoms with Crippen LogP contribution < -0.4 is 10.9 Å². The average Bonchev–Trinajstić information content (AvgIpc) is 3.18. The van der Waals surface area contributed by atoms with Crippen LogP contribution in [0.2, 0.25) is 5.02 Å². The molecule has 2 heterocycles. The van der Waals surface area contributed by atoms with Gasteiger partial charge in [0.1, 0.15) is 10.9 Å². The first kappa shape index (κ1) is 26.0. The minimum Gasteiger partial charge on any atom is -0.324 e. The number of anilines is 1. The van der Waals surface area contributed by atoms with Gasteiger partial charge in [-0.1, -0.05) is 30.7 Å². The van der Waals surface area contributed by atoms with Crippen LogP contribution in [0.15, 0.2) is 64.5 Å². The van der Waals surface area contributed by atoms with E-state index in [2.05, 4.69) is 10.3 Å². The summed E-state index contributed by atoms with van der Waals surface area (Å²) < 4.78 is 27.0. The lowest BCUT2D eigenvalue weighted by Gasteiger charge is -2.18. The van der Waals surface area contributed by atoms with E-state index in [1.807, 2.05) is 26.0 Å². The summed E-state index contributed by atoms with van der Waals surface area (Å²) in [7, 11) is -0.677. The standard InChI is InChI=1S/C25H25ClN4O4S2/c1-5-20(23(31)28-18-10-12-19(13-11-18)36(33,34)29(3)4)30-14-27-24-22(25(30)32)21(15(2)35-24)16-6-8-17(26)9-7-16/h6-14,20H,5H2,1-4H3,(H,28,31). The SMILES string of the molecule is CCC(C(=O)Nc1ccc(S(=O)(=O)N(C)C)cc1)n1cnc2sc(C)c(-c3ccc(Cl)cc3)c2c1=O. The molecular formula is C25H25ClN4O4S2. The van der Waals surface area contributed by atoms with Gasteiger partial charge in [-0.25, -0.2) is 17.7 Å². The van der Waals surface area contributed by atoms with Crippen molar-refractivity contribution in [3.8, 4) is 11.1 Å². The maximum Gasteiger partial charge on any atom is 0.263 e. The molecule has 0 radical (unpaired) electrons. The van der Waals surface area contributed by atoms with E-state index in [9.17, 15) is 18.0 Å². The van der Waals surface area contributed by atoms with Crippen molar-refractivity contribution in [1.29, 1.82) is 0 Å². The highest BCUT2D eigenvalue weighted by atomic mass is 35.5. The Labute approximate surface area is 218 Å². The van der Waals surface area contributed by atoms with Crippen molar-refractivity contribution in [2.24, 2.45) is 0 Å². The number of amides is 1. The van der Waals surface area contributed by atoms with Crippen molar-refractivity contribution in [2.45, 2.75) is 31.2 Å². The monoisotopic (exact) mass is 544 g/mol. The zero-order valence-corrected chi connectivity index (χ0v) is 22.5. The summed E-state index contributed by atoms with van der Waals surface area (Å²) in [6, 6.07) is 12.3. The number of hydrogen-bond acceptors (Lipinski definition) is 6. The molecular weight excluding hydrogens is 520 g/mol. The molecule has 0 aliphatic rings. The number of halogens is 1. The van der Waals surface area contributed by atoms with E-state index < -0.39 is 22.0 Å². The Bertz CT molecular complexity index is 1590. The van der Waals surface area contributed by atoms with E-state index >= 15 is 0 Å². The predicted molar refractivity (Wildman–Crippen MR) is 144 cm³/mol. The van der Waals surface area contributed by atoms with Crippen LogP contribution in [-0.2, 0) is 14.8 Å². The number of hydrogen-bond donors (Lipinski definition) is 1. The van der Waals surface area contributed by atoms with E-state index in [0.717, 1.165) is 20.3 Å². The van der Waals surface area contributed by atoms with Gasteiger partial charge >= 0.3 is 0 Å². The normalized spacial score (nSPS) is 12.7. The largest absolute Gasteiger partial charge is 0.324 e. The number of fused-ring (bicyclic) bond motifs is 1. The fourth-order valence-corrected chi connectivity index (χ4v) is 5.99. The van der Waals surface area contributed by atoms with Crippen LogP contribution in [0.25, 0.3) is 21.3 Å². The van der Waals surface area contributed by atoms with Gasteiger partial charge in [0.15, 0.2) is 0 Å². The van der Waals surface area contributed by atoms with Gasteiger partial charge in [-0.3, -0.25) is 14.2 Å².